The highest BCUT2D eigenvalue weighted by Crippen LogP contribution is 2.29. The fourth-order valence-electron chi connectivity index (χ4n) is 2.34. The van der Waals surface area contributed by atoms with E-state index in [1.54, 1.807) is 6.07 Å². The van der Waals surface area contributed by atoms with E-state index in [0.29, 0.717) is 10.6 Å². The summed E-state index contributed by atoms with van der Waals surface area (Å²) in [5, 5.41) is 18.2. The van der Waals surface area contributed by atoms with Crippen molar-refractivity contribution in [3.63, 3.8) is 0 Å². The SMILES string of the molecule is N#Cc1c(Cl)cccc1N1CCC(OCC(=O)O)CC1. The van der Waals surface area contributed by atoms with Gasteiger partial charge in [-0.2, -0.15) is 5.26 Å². The van der Waals surface area contributed by atoms with E-state index in [2.05, 4.69) is 11.0 Å². The molecule has 1 saturated heterocycles. The number of nitriles is 1. The minimum atomic E-state index is -0.950. The first-order valence-electron chi connectivity index (χ1n) is 6.38. The van der Waals surface area contributed by atoms with Gasteiger partial charge in [-0.05, 0) is 25.0 Å². The Morgan fingerprint density at radius 1 is 1.50 bits per heavy atom. The maximum Gasteiger partial charge on any atom is 0.329 e. The first kappa shape index (κ1) is 14.6. The number of carboxylic acids is 1. The van der Waals surface area contributed by atoms with Crippen LogP contribution in [-0.2, 0) is 9.53 Å². The molecule has 0 atom stereocenters. The molecule has 1 fully saturated rings. The summed E-state index contributed by atoms with van der Waals surface area (Å²) < 4.78 is 5.29. The van der Waals surface area contributed by atoms with Gasteiger partial charge < -0.3 is 14.7 Å². The maximum absolute atomic E-state index is 10.5. The molecule has 20 heavy (non-hydrogen) atoms. The van der Waals surface area contributed by atoms with Crippen molar-refractivity contribution in [3.8, 4) is 6.07 Å². The molecular weight excluding hydrogens is 280 g/mol. The summed E-state index contributed by atoms with van der Waals surface area (Å²) in [6, 6.07) is 7.53. The van der Waals surface area contributed by atoms with Crippen LogP contribution >= 0.6 is 11.6 Å². The van der Waals surface area contributed by atoms with Gasteiger partial charge in [0.15, 0.2) is 0 Å². The maximum atomic E-state index is 10.5. The first-order valence-corrected chi connectivity index (χ1v) is 6.76. The van der Waals surface area contributed by atoms with E-state index in [1.807, 2.05) is 12.1 Å². The number of hydrogen-bond donors (Lipinski definition) is 1. The predicted molar refractivity (Wildman–Crippen MR) is 75.0 cm³/mol. The zero-order valence-electron chi connectivity index (χ0n) is 10.9. The Labute approximate surface area is 122 Å². The third kappa shape index (κ3) is 3.41. The van der Waals surface area contributed by atoms with E-state index in [1.165, 1.54) is 0 Å². The molecular formula is C14H15ClN2O3. The number of aliphatic carboxylic acids is 1. The van der Waals surface area contributed by atoms with Crippen LogP contribution in [0.1, 0.15) is 18.4 Å². The largest absolute Gasteiger partial charge is 0.480 e. The summed E-state index contributed by atoms with van der Waals surface area (Å²) in [5.41, 5.74) is 1.32. The molecule has 1 N–H and O–H groups in total. The van der Waals surface area contributed by atoms with Gasteiger partial charge in [0.05, 0.1) is 22.4 Å². The Balaban J connectivity index is 1.99. The molecule has 0 radical (unpaired) electrons. The van der Waals surface area contributed by atoms with Crippen molar-refractivity contribution in [3.05, 3.63) is 28.8 Å². The zero-order valence-corrected chi connectivity index (χ0v) is 11.6. The molecule has 0 bridgehead atoms. The quantitative estimate of drug-likeness (QED) is 0.922. The van der Waals surface area contributed by atoms with E-state index in [9.17, 15) is 10.1 Å². The third-order valence-electron chi connectivity index (χ3n) is 3.33. The Morgan fingerprint density at radius 3 is 2.80 bits per heavy atom. The number of anilines is 1. The summed E-state index contributed by atoms with van der Waals surface area (Å²) in [7, 11) is 0. The van der Waals surface area contributed by atoms with Gasteiger partial charge in [-0.1, -0.05) is 17.7 Å². The number of nitrogens with zero attached hydrogens (tertiary/aromatic N) is 2. The molecule has 106 valence electrons. The highest BCUT2D eigenvalue weighted by Gasteiger charge is 2.22. The Kier molecular flexibility index (Phi) is 4.83. The zero-order chi connectivity index (χ0) is 14.5. The molecule has 1 aliphatic heterocycles. The van der Waals surface area contributed by atoms with Crippen LogP contribution in [0.2, 0.25) is 5.02 Å². The Morgan fingerprint density at radius 2 is 2.20 bits per heavy atom. The number of hydrogen-bond acceptors (Lipinski definition) is 4. The van der Waals surface area contributed by atoms with Gasteiger partial charge >= 0.3 is 5.97 Å². The second-order valence-corrected chi connectivity index (χ2v) is 5.04. The predicted octanol–water partition coefficient (Wildman–Crippen LogP) is 2.28. The number of carboxylic acid groups (broad SMARTS) is 1. The smallest absolute Gasteiger partial charge is 0.329 e. The molecule has 0 amide bonds. The molecule has 0 aliphatic carbocycles. The van der Waals surface area contributed by atoms with Gasteiger partial charge in [-0.3, -0.25) is 0 Å². The number of benzene rings is 1. The number of halogens is 1. The molecule has 0 spiro atoms. The second kappa shape index (κ2) is 6.60. The van der Waals surface area contributed by atoms with Gasteiger partial charge in [0, 0.05) is 13.1 Å². The van der Waals surface area contributed by atoms with Crippen molar-refractivity contribution < 1.29 is 14.6 Å². The Bertz CT molecular complexity index is 534. The van der Waals surface area contributed by atoms with Gasteiger partial charge in [0.1, 0.15) is 12.7 Å². The normalized spacial score (nSPS) is 15.9. The molecule has 1 aromatic rings. The summed E-state index contributed by atoms with van der Waals surface area (Å²) in [6.45, 7) is 1.18. The second-order valence-electron chi connectivity index (χ2n) is 4.64. The Hall–Kier alpha value is -1.77. The lowest BCUT2D eigenvalue weighted by Gasteiger charge is -2.33. The first-order chi connectivity index (χ1) is 9.61. The molecule has 2 rings (SSSR count). The van der Waals surface area contributed by atoms with E-state index < -0.39 is 5.97 Å². The van der Waals surface area contributed by atoms with Gasteiger partial charge in [0.2, 0.25) is 0 Å². The van der Waals surface area contributed by atoms with Crippen molar-refractivity contribution in [1.29, 1.82) is 5.26 Å². The topological polar surface area (TPSA) is 73.6 Å². The fraction of sp³-hybridized carbons (Fsp3) is 0.429. The monoisotopic (exact) mass is 294 g/mol. The minimum Gasteiger partial charge on any atom is -0.480 e. The van der Waals surface area contributed by atoms with E-state index in [-0.39, 0.29) is 12.7 Å². The van der Waals surface area contributed by atoms with Crippen LogP contribution in [0.25, 0.3) is 0 Å². The number of rotatable bonds is 4. The van der Waals surface area contributed by atoms with E-state index in [0.717, 1.165) is 31.6 Å². The lowest BCUT2D eigenvalue weighted by molar-refractivity contribution is -0.144. The molecule has 1 aliphatic rings. The number of ether oxygens (including phenoxy) is 1. The summed E-state index contributed by atoms with van der Waals surface area (Å²) >= 11 is 6.02. The number of piperidine rings is 1. The van der Waals surface area contributed by atoms with Crippen LogP contribution in [-0.4, -0.2) is 36.9 Å². The average molecular weight is 295 g/mol. The van der Waals surface area contributed by atoms with E-state index in [4.69, 9.17) is 21.4 Å². The van der Waals surface area contributed by atoms with Crippen LogP contribution in [0.4, 0.5) is 5.69 Å². The molecule has 5 nitrogen and oxygen atoms in total. The molecule has 0 unspecified atom stereocenters. The van der Waals surface area contributed by atoms with Crippen molar-refractivity contribution in [2.45, 2.75) is 18.9 Å². The van der Waals surface area contributed by atoms with Crippen molar-refractivity contribution in [1.82, 2.24) is 0 Å². The molecule has 0 saturated carbocycles. The lowest BCUT2D eigenvalue weighted by atomic mass is 10.1. The van der Waals surface area contributed by atoms with Gasteiger partial charge in [-0.25, -0.2) is 4.79 Å². The number of carbonyl (C=O) groups is 1. The minimum absolute atomic E-state index is 0.0351. The van der Waals surface area contributed by atoms with Crippen LogP contribution < -0.4 is 4.90 Å². The summed E-state index contributed by atoms with van der Waals surface area (Å²) in [4.78, 5) is 12.6. The molecule has 6 heteroatoms. The third-order valence-corrected chi connectivity index (χ3v) is 3.64. The highest BCUT2D eigenvalue weighted by molar-refractivity contribution is 6.32. The standard InChI is InChI=1S/C14H15ClN2O3/c15-12-2-1-3-13(11(12)8-16)17-6-4-10(5-7-17)20-9-14(18)19/h1-3,10H,4-7,9H2,(H,18,19). The van der Waals surface area contributed by atoms with Crippen molar-refractivity contribution in [2.24, 2.45) is 0 Å². The van der Waals surface area contributed by atoms with Crippen LogP contribution in [0, 0.1) is 11.3 Å². The summed E-state index contributed by atoms with van der Waals surface area (Å²) in [5.74, 6) is -0.950. The fourth-order valence-corrected chi connectivity index (χ4v) is 2.55. The van der Waals surface area contributed by atoms with E-state index >= 15 is 0 Å². The van der Waals surface area contributed by atoms with Crippen LogP contribution in [0.3, 0.4) is 0 Å². The highest BCUT2D eigenvalue weighted by atomic mass is 35.5. The summed E-state index contributed by atoms with van der Waals surface area (Å²) in [6.07, 6.45) is 1.45. The van der Waals surface area contributed by atoms with Gasteiger partial charge in [0.25, 0.3) is 0 Å². The van der Waals surface area contributed by atoms with Crippen LogP contribution in [0.15, 0.2) is 18.2 Å². The molecule has 1 heterocycles. The molecule has 0 aromatic heterocycles. The van der Waals surface area contributed by atoms with Crippen molar-refractivity contribution in [2.75, 3.05) is 24.6 Å². The van der Waals surface area contributed by atoms with Crippen LogP contribution in [0.5, 0.6) is 0 Å². The molecule has 1 aromatic carbocycles. The lowest BCUT2D eigenvalue weighted by Crippen LogP contribution is -2.38. The van der Waals surface area contributed by atoms with Gasteiger partial charge in [-0.15, -0.1) is 0 Å². The average Bonchev–Trinajstić information content (AvgIpc) is 2.45. The van der Waals surface area contributed by atoms with Crippen molar-refractivity contribution >= 4 is 23.3 Å².